The molecule has 3 aromatic heterocycles. The standard InChI is InChI=1S/C25H23Cl2FN4O2.ClH/c26-17-1-2-18(29-15-17)16-34-20-5-9-31(24(33)14-20)19-3-4-22-21(13-19)25(27)23-6-8-30(10-7-28)11-12-32(22)23;/h1-5,9,13-15H,6-8,10-12,16H2;1H. The van der Waals surface area contributed by atoms with Gasteiger partial charge in [0.1, 0.15) is 19.0 Å². The second kappa shape index (κ2) is 11.0. The second-order valence-electron chi connectivity index (χ2n) is 8.22. The van der Waals surface area contributed by atoms with Crippen molar-refractivity contribution in [2.75, 3.05) is 26.3 Å². The first-order valence-electron chi connectivity index (χ1n) is 11.1. The molecule has 0 saturated heterocycles. The van der Waals surface area contributed by atoms with Gasteiger partial charge in [-0.1, -0.05) is 23.2 Å². The summed E-state index contributed by atoms with van der Waals surface area (Å²) in [6, 6.07) is 12.6. The highest BCUT2D eigenvalue weighted by Gasteiger charge is 2.21. The van der Waals surface area contributed by atoms with Crippen molar-refractivity contribution in [3.63, 3.8) is 0 Å². The van der Waals surface area contributed by atoms with Crippen LogP contribution in [0, 0.1) is 0 Å². The van der Waals surface area contributed by atoms with Gasteiger partial charge in [-0.25, -0.2) is 4.39 Å². The minimum absolute atomic E-state index is 0. The Morgan fingerprint density at radius 1 is 1.06 bits per heavy atom. The van der Waals surface area contributed by atoms with E-state index in [0.717, 1.165) is 54.0 Å². The summed E-state index contributed by atoms with van der Waals surface area (Å²) in [5, 5.41) is 2.17. The predicted octanol–water partition coefficient (Wildman–Crippen LogP) is 5.32. The van der Waals surface area contributed by atoms with Gasteiger partial charge < -0.3 is 9.30 Å². The number of benzene rings is 1. The second-order valence-corrected chi connectivity index (χ2v) is 9.04. The molecule has 5 rings (SSSR count). The van der Waals surface area contributed by atoms with Gasteiger partial charge in [-0.15, -0.1) is 12.4 Å². The topological polar surface area (TPSA) is 52.3 Å². The van der Waals surface area contributed by atoms with Gasteiger partial charge in [-0.2, -0.15) is 0 Å². The number of pyridine rings is 2. The monoisotopic (exact) mass is 536 g/mol. The lowest BCUT2D eigenvalue weighted by molar-refractivity contribution is 0.253. The molecule has 1 aromatic carbocycles. The van der Waals surface area contributed by atoms with E-state index in [2.05, 4.69) is 14.5 Å². The molecule has 0 spiro atoms. The van der Waals surface area contributed by atoms with E-state index in [4.69, 9.17) is 27.9 Å². The minimum Gasteiger partial charge on any atom is -0.487 e. The molecule has 0 radical (unpaired) electrons. The van der Waals surface area contributed by atoms with Crippen LogP contribution in [0.25, 0.3) is 16.6 Å². The van der Waals surface area contributed by atoms with Gasteiger partial charge in [0, 0.05) is 73.3 Å². The molecule has 6 nitrogen and oxygen atoms in total. The van der Waals surface area contributed by atoms with E-state index in [1.54, 1.807) is 35.2 Å². The zero-order valence-electron chi connectivity index (χ0n) is 18.8. The van der Waals surface area contributed by atoms with Gasteiger partial charge in [0.15, 0.2) is 0 Å². The lowest BCUT2D eigenvalue weighted by Crippen LogP contribution is -2.29. The highest BCUT2D eigenvalue weighted by atomic mass is 35.5. The summed E-state index contributed by atoms with van der Waals surface area (Å²) in [6.45, 7) is 2.66. The average Bonchev–Trinajstić information content (AvgIpc) is 2.96. The number of hydrogen-bond donors (Lipinski definition) is 0. The van der Waals surface area contributed by atoms with Crippen molar-refractivity contribution >= 4 is 46.5 Å². The van der Waals surface area contributed by atoms with Crippen LogP contribution in [0.4, 0.5) is 4.39 Å². The van der Waals surface area contributed by atoms with E-state index in [1.165, 1.54) is 6.07 Å². The molecular weight excluding hydrogens is 514 g/mol. The fourth-order valence-corrected chi connectivity index (χ4v) is 4.84. The Morgan fingerprint density at radius 2 is 1.91 bits per heavy atom. The normalized spacial score (nSPS) is 13.8. The van der Waals surface area contributed by atoms with E-state index < -0.39 is 0 Å². The molecule has 35 heavy (non-hydrogen) atoms. The Kier molecular flexibility index (Phi) is 8.02. The van der Waals surface area contributed by atoms with Crippen LogP contribution in [0.15, 0.2) is 59.7 Å². The summed E-state index contributed by atoms with van der Waals surface area (Å²) in [4.78, 5) is 19.1. The molecule has 0 amide bonds. The summed E-state index contributed by atoms with van der Waals surface area (Å²) in [6.07, 6.45) is 4.01. The van der Waals surface area contributed by atoms with Gasteiger partial charge in [-0.3, -0.25) is 19.2 Å². The number of hydrogen-bond acceptors (Lipinski definition) is 4. The average molecular weight is 538 g/mol. The first-order valence-corrected chi connectivity index (χ1v) is 11.8. The largest absolute Gasteiger partial charge is 0.487 e. The fourth-order valence-electron chi connectivity index (χ4n) is 4.38. The van der Waals surface area contributed by atoms with Crippen LogP contribution in [0.2, 0.25) is 10.0 Å². The zero-order chi connectivity index (χ0) is 23.7. The van der Waals surface area contributed by atoms with Crippen LogP contribution in [0.5, 0.6) is 5.75 Å². The Morgan fingerprint density at radius 3 is 2.66 bits per heavy atom. The Balaban J connectivity index is 0.00000289. The van der Waals surface area contributed by atoms with Crippen LogP contribution in [-0.2, 0) is 19.6 Å². The lowest BCUT2D eigenvalue weighted by atomic mass is 10.2. The first-order chi connectivity index (χ1) is 16.5. The molecular formula is C25H24Cl3FN4O2. The molecule has 4 heterocycles. The Hall–Kier alpha value is -2.58. The molecule has 4 aromatic rings. The number of aromatic nitrogens is 3. The summed E-state index contributed by atoms with van der Waals surface area (Å²) >= 11 is 12.6. The van der Waals surface area contributed by atoms with Crippen LogP contribution >= 0.6 is 35.6 Å². The molecule has 0 unspecified atom stereocenters. The van der Waals surface area contributed by atoms with Crippen molar-refractivity contribution in [1.82, 2.24) is 19.0 Å². The minimum atomic E-state index is -0.344. The van der Waals surface area contributed by atoms with Gasteiger partial charge in [0.25, 0.3) is 5.56 Å². The van der Waals surface area contributed by atoms with E-state index in [1.807, 2.05) is 18.2 Å². The predicted molar refractivity (Wildman–Crippen MR) is 139 cm³/mol. The van der Waals surface area contributed by atoms with E-state index in [0.29, 0.717) is 22.3 Å². The van der Waals surface area contributed by atoms with Gasteiger partial charge in [-0.05, 0) is 36.4 Å². The molecule has 1 aliphatic heterocycles. The van der Waals surface area contributed by atoms with Crippen LogP contribution in [-0.4, -0.2) is 45.3 Å². The summed E-state index contributed by atoms with van der Waals surface area (Å²) in [5.74, 6) is 0.463. The quantitative estimate of drug-likeness (QED) is 0.334. The molecule has 0 fully saturated rings. The third-order valence-corrected chi connectivity index (χ3v) is 6.78. The number of ether oxygens (including phenoxy) is 1. The van der Waals surface area contributed by atoms with Crippen molar-refractivity contribution in [2.45, 2.75) is 19.6 Å². The summed E-state index contributed by atoms with van der Waals surface area (Å²) < 4.78 is 22.3. The van der Waals surface area contributed by atoms with E-state index in [-0.39, 0.29) is 31.2 Å². The van der Waals surface area contributed by atoms with Crippen LogP contribution < -0.4 is 10.3 Å². The van der Waals surface area contributed by atoms with Crippen LogP contribution in [0.1, 0.15) is 11.4 Å². The highest BCUT2D eigenvalue weighted by molar-refractivity contribution is 6.36. The maximum absolute atomic E-state index is 12.8. The summed E-state index contributed by atoms with van der Waals surface area (Å²) in [7, 11) is 0. The maximum Gasteiger partial charge on any atom is 0.258 e. The molecule has 184 valence electrons. The molecule has 0 bridgehead atoms. The Labute approximate surface area is 218 Å². The van der Waals surface area contributed by atoms with E-state index >= 15 is 0 Å². The van der Waals surface area contributed by atoms with Crippen LogP contribution in [0.3, 0.4) is 0 Å². The smallest absolute Gasteiger partial charge is 0.258 e. The maximum atomic E-state index is 12.8. The highest BCUT2D eigenvalue weighted by Crippen LogP contribution is 2.33. The van der Waals surface area contributed by atoms with Gasteiger partial charge in [0.2, 0.25) is 0 Å². The first kappa shape index (κ1) is 25.5. The number of nitrogens with zero attached hydrogens (tertiary/aromatic N) is 4. The van der Waals surface area contributed by atoms with Crippen molar-refractivity contribution in [3.05, 3.63) is 86.6 Å². The van der Waals surface area contributed by atoms with Crippen molar-refractivity contribution in [3.8, 4) is 11.4 Å². The SMILES string of the molecule is Cl.O=c1cc(OCc2ccc(Cl)cn2)ccn1-c1ccc2c(c1)c(Cl)c1n2CCN(CCF)CC1. The third-order valence-electron chi connectivity index (χ3n) is 6.14. The molecule has 10 heteroatoms. The third kappa shape index (κ3) is 5.33. The molecule has 0 atom stereocenters. The zero-order valence-corrected chi connectivity index (χ0v) is 21.1. The number of fused-ring (bicyclic) bond motifs is 3. The number of alkyl halides is 1. The van der Waals surface area contributed by atoms with Crippen molar-refractivity contribution in [1.29, 1.82) is 0 Å². The van der Waals surface area contributed by atoms with Gasteiger partial charge in [0.05, 0.1) is 15.7 Å². The number of rotatable bonds is 6. The lowest BCUT2D eigenvalue weighted by Gasteiger charge is -2.17. The molecule has 1 aliphatic rings. The molecule has 0 N–H and O–H groups in total. The van der Waals surface area contributed by atoms with Crippen molar-refractivity contribution in [2.24, 2.45) is 0 Å². The fraction of sp³-hybridized carbons (Fsp3) is 0.280. The van der Waals surface area contributed by atoms with E-state index in [9.17, 15) is 9.18 Å². The number of halogens is 4. The van der Waals surface area contributed by atoms with Gasteiger partial charge >= 0.3 is 0 Å². The molecule has 0 aliphatic carbocycles. The molecule has 0 saturated carbocycles. The summed E-state index contributed by atoms with van der Waals surface area (Å²) in [5.41, 5.74) is 3.32. The van der Waals surface area contributed by atoms with Crippen molar-refractivity contribution < 1.29 is 9.13 Å². The Bertz CT molecular complexity index is 1390.